The van der Waals surface area contributed by atoms with E-state index in [1.54, 1.807) is 6.26 Å². The Bertz CT molecular complexity index is 291. The molecule has 0 aliphatic rings. The largest absolute Gasteiger partial charge is 0.465 e. The molecule has 0 aliphatic heterocycles. The van der Waals surface area contributed by atoms with Crippen LogP contribution < -0.4 is 5.32 Å². The average molecular weight is 223 g/mol. The number of aliphatic hydroxyl groups excluding tert-OH is 1. The van der Waals surface area contributed by atoms with Gasteiger partial charge in [0.25, 0.3) is 0 Å². The second-order valence-corrected chi connectivity index (χ2v) is 4.34. The lowest BCUT2D eigenvalue weighted by molar-refractivity contribution is 0.228. The number of hydrogen-bond donors (Lipinski definition) is 2. The molecule has 1 aromatic rings. The van der Waals surface area contributed by atoms with Gasteiger partial charge in [0.2, 0.25) is 0 Å². The maximum atomic E-state index is 9.15. The fourth-order valence-electron chi connectivity index (χ4n) is 1.59. The third-order valence-electron chi connectivity index (χ3n) is 2.33. The van der Waals surface area contributed by atoms with Crippen molar-refractivity contribution in [3.05, 3.63) is 30.2 Å². The molecule has 0 spiro atoms. The van der Waals surface area contributed by atoms with Crippen molar-refractivity contribution in [3.8, 4) is 0 Å². The van der Waals surface area contributed by atoms with Crippen LogP contribution in [0.3, 0.4) is 0 Å². The predicted octanol–water partition coefficient (Wildman–Crippen LogP) is 2.29. The van der Waals surface area contributed by atoms with Gasteiger partial charge >= 0.3 is 0 Å². The van der Waals surface area contributed by atoms with Crippen molar-refractivity contribution in [2.45, 2.75) is 26.3 Å². The zero-order valence-electron chi connectivity index (χ0n) is 10.0. The van der Waals surface area contributed by atoms with Crippen molar-refractivity contribution in [1.29, 1.82) is 0 Å². The van der Waals surface area contributed by atoms with Crippen LogP contribution in [-0.2, 0) is 0 Å². The molecule has 16 heavy (non-hydrogen) atoms. The van der Waals surface area contributed by atoms with E-state index in [2.05, 4.69) is 19.2 Å². The normalized spacial score (nSPS) is 13.8. The maximum absolute atomic E-state index is 9.15. The van der Waals surface area contributed by atoms with E-state index < -0.39 is 0 Å². The molecule has 1 rings (SSSR count). The number of hydrogen-bond acceptors (Lipinski definition) is 3. The maximum Gasteiger partial charge on any atom is 0.126 e. The van der Waals surface area contributed by atoms with Crippen LogP contribution in [0.4, 0.5) is 0 Å². The monoisotopic (exact) mass is 223 g/mol. The molecule has 1 unspecified atom stereocenters. The molecule has 0 fully saturated rings. The van der Waals surface area contributed by atoms with E-state index in [0.29, 0.717) is 5.92 Å². The smallest absolute Gasteiger partial charge is 0.126 e. The molecule has 1 aromatic heterocycles. The molecule has 1 heterocycles. The second-order valence-electron chi connectivity index (χ2n) is 4.34. The molecule has 0 saturated heterocycles. The molecule has 2 N–H and O–H groups in total. The second kappa shape index (κ2) is 7.25. The van der Waals surface area contributed by atoms with Crippen molar-refractivity contribution in [3.63, 3.8) is 0 Å². The van der Waals surface area contributed by atoms with Gasteiger partial charge in [0.15, 0.2) is 0 Å². The molecule has 0 saturated carbocycles. The van der Waals surface area contributed by atoms with E-state index >= 15 is 0 Å². The van der Waals surface area contributed by atoms with Crippen molar-refractivity contribution >= 4 is 6.08 Å². The highest BCUT2D eigenvalue weighted by molar-refractivity contribution is 5.42. The molecule has 90 valence electrons. The van der Waals surface area contributed by atoms with Gasteiger partial charge in [-0.1, -0.05) is 19.9 Å². The first-order chi connectivity index (χ1) is 7.72. The number of furan rings is 1. The van der Waals surface area contributed by atoms with Crippen molar-refractivity contribution in [2.24, 2.45) is 5.92 Å². The molecule has 3 heteroatoms. The Hall–Kier alpha value is -1.06. The Morgan fingerprint density at radius 2 is 2.31 bits per heavy atom. The number of rotatable bonds is 7. The third-order valence-corrected chi connectivity index (χ3v) is 2.33. The van der Waals surface area contributed by atoms with Crippen LogP contribution in [0.5, 0.6) is 0 Å². The van der Waals surface area contributed by atoms with E-state index in [-0.39, 0.29) is 12.6 Å². The summed E-state index contributed by atoms with van der Waals surface area (Å²) in [5.74, 6) is 1.45. The summed E-state index contributed by atoms with van der Waals surface area (Å²) in [5.41, 5.74) is 0. The number of aliphatic hydroxyl groups is 1. The molecule has 0 aromatic carbocycles. The Labute approximate surface area is 97.2 Å². The van der Waals surface area contributed by atoms with Gasteiger partial charge < -0.3 is 14.8 Å². The summed E-state index contributed by atoms with van der Waals surface area (Å²) in [6.07, 6.45) is 6.58. The van der Waals surface area contributed by atoms with Crippen LogP contribution >= 0.6 is 0 Å². The van der Waals surface area contributed by atoms with Crippen LogP contribution in [0.2, 0.25) is 0 Å². The zero-order chi connectivity index (χ0) is 11.8. The lowest BCUT2D eigenvalue weighted by Gasteiger charge is -2.16. The molecule has 0 aliphatic carbocycles. The summed E-state index contributed by atoms with van der Waals surface area (Å²) in [6.45, 7) is 5.25. The van der Waals surface area contributed by atoms with Crippen LogP contribution in [0.15, 0.2) is 28.9 Å². The van der Waals surface area contributed by atoms with Crippen LogP contribution in [0, 0.1) is 5.92 Å². The van der Waals surface area contributed by atoms with Gasteiger partial charge in [-0.25, -0.2) is 0 Å². The van der Waals surface area contributed by atoms with Gasteiger partial charge in [-0.15, -0.1) is 0 Å². The minimum atomic E-state index is 0.182. The Balaban J connectivity index is 2.23. The third kappa shape index (κ3) is 5.14. The Morgan fingerprint density at radius 3 is 2.88 bits per heavy atom. The Kier molecular flexibility index (Phi) is 5.90. The van der Waals surface area contributed by atoms with Gasteiger partial charge in [-0.05, 0) is 30.5 Å². The highest BCUT2D eigenvalue weighted by atomic mass is 16.3. The van der Waals surface area contributed by atoms with E-state index in [0.717, 1.165) is 18.7 Å². The van der Waals surface area contributed by atoms with Crippen LogP contribution in [0.1, 0.15) is 26.0 Å². The zero-order valence-corrected chi connectivity index (χ0v) is 10.0. The quantitative estimate of drug-likeness (QED) is 0.745. The van der Waals surface area contributed by atoms with Gasteiger partial charge in [0, 0.05) is 12.6 Å². The van der Waals surface area contributed by atoms with Gasteiger partial charge in [-0.2, -0.15) is 0 Å². The molecule has 3 nitrogen and oxygen atoms in total. The topological polar surface area (TPSA) is 45.4 Å². The van der Waals surface area contributed by atoms with E-state index in [9.17, 15) is 0 Å². The fourth-order valence-corrected chi connectivity index (χ4v) is 1.59. The lowest BCUT2D eigenvalue weighted by Crippen LogP contribution is -2.33. The minimum Gasteiger partial charge on any atom is -0.465 e. The van der Waals surface area contributed by atoms with Crippen LogP contribution in [-0.4, -0.2) is 24.3 Å². The predicted molar refractivity (Wildman–Crippen MR) is 66.1 cm³/mol. The molecule has 0 bridgehead atoms. The van der Waals surface area contributed by atoms with Crippen molar-refractivity contribution < 1.29 is 9.52 Å². The summed E-state index contributed by atoms with van der Waals surface area (Å²) in [6, 6.07) is 3.96. The molecular formula is C13H21NO2. The first-order valence-corrected chi connectivity index (χ1v) is 5.76. The molecule has 1 atom stereocenters. The summed E-state index contributed by atoms with van der Waals surface area (Å²) >= 11 is 0. The summed E-state index contributed by atoms with van der Waals surface area (Å²) in [5, 5.41) is 12.4. The van der Waals surface area contributed by atoms with E-state index in [4.69, 9.17) is 9.52 Å². The molecule has 0 amide bonds. The molecule has 0 radical (unpaired) electrons. The average Bonchev–Trinajstić information content (AvgIpc) is 2.74. The van der Waals surface area contributed by atoms with E-state index in [1.807, 2.05) is 24.3 Å². The Morgan fingerprint density at radius 1 is 1.50 bits per heavy atom. The number of nitrogens with one attached hydrogen (secondary N) is 1. The standard InChI is InChI=1S/C13H21NO2/c1-11(2)9-12(10-15)14-7-3-5-13-6-4-8-16-13/h3-6,8,11-12,14-15H,7,9-10H2,1-2H3/b5-3+. The summed E-state index contributed by atoms with van der Waals surface area (Å²) in [7, 11) is 0. The first-order valence-electron chi connectivity index (χ1n) is 5.76. The van der Waals surface area contributed by atoms with Gasteiger partial charge in [-0.3, -0.25) is 0 Å². The van der Waals surface area contributed by atoms with Gasteiger partial charge in [0.05, 0.1) is 12.9 Å². The van der Waals surface area contributed by atoms with E-state index in [1.165, 1.54) is 0 Å². The fraction of sp³-hybridized carbons (Fsp3) is 0.538. The van der Waals surface area contributed by atoms with Gasteiger partial charge in [0.1, 0.15) is 5.76 Å². The summed E-state index contributed by atoms with van der Waals surface area (Å²) in [4.78, 5) is 0. The highest BCUT2D eigenvalue weighted by Crippen LogP contribution is 2.04. The van der Waals surface area contributed by atoms with Crippen molar-refractivity contribution in [1.82, 2.24) is 5.32 Å². The molecular weight excluding hydrogens is 202 g/mol. The minimum absolute atomic E-state index is 0.182. The lowest BCUT2D eigenvalue weighted by atomic mass is 10.0. The van der Waals surface area contributed by atoms with Crippen LogP contribution in [0.25, 0.3) is 6.08 Å². The van der Waals surface area contributed by atoms with Crippen molar-refractivity contribution in [2.75, 3.05) is 13.2 Å². The summed E-state index contributed by atoms with van der Waals surface area (Å²) < 4.78 is 5.17. The SMILES string of the molecule is CC(C)CC(CO)NC/C=C/c1ccco1. The highest BCUT2D eigenvalue weighted by Gasteiger charge is 2.07. The first kappa shape index (κ1) is 13.0.